The Bertz CT molecular complexity index is 1240. The van der Waals surface area contributed by atoms with Gasteiger partial charge in [-0.1, -0.05) is 78.9 Å². The number of rotatable bonds is 13. The fourth-order valence-corrected chi connectivity index (χ4v) is 6.39. The molecule has 4 nitrogen and oxygen atoms in total. The normalized spacial score (nSPS) is 24.0. The van der Waals surface area contributed by atoms with Crippen LogP contribution >= 0.6 is 0 Å². The van der Waals surface area contributed by atoms with Crippen molar-refractivity contribution in [2.75, 3.05) is 19.8 Å². The van der Waals surface area contributed by atoms with Crippen LogP contribution in [0.5, 0.6) is 0 Å². The first-order chi connectivity index (χ1) is 19.0. The van der Waals surface area contributed by atoms with Gasteiger partial charge in [-0.25, -0.2) is 4.39 Å². The monoisotopic (exact) mass is 528 g/mol. The minimum absolute atomic E-state index is 0.0593. The summed E-state index contributed by atoms with van der Waals surface area (Å²) in [6.45, 7) is 1.94. The molecule has 1 heterocycles. The van der Waals surface area contributed by atoms with E-state index in [1.807, 2.05) is 18.2 Å². The molecule has 0 unspecified atom stereocenters. The van der Waals surface area contributed by atoms with Gasteiger partial charge < -0.3 is 14.6 Å². The van der Waals surface area contributed by atoms with Crippen LogP contribution in [0, 0.1) is 17.7 Å². The average molecular weight is 529 g/mol. The van der Waals surface area contributed by atoms with E-state index in [1.54, 1.807) is 0 Å². The quantitative estimate of drug-likeness (QED) is 0.188. The minimum Gasteiger partial charge on any atom is -0.481 e. The summed E-state index contributed by atoms with van der Waals surface area (Å²) in [5, 5.41) is 8.92. The van der Waals surface area contributed by atoms with Gasteiger partial charge in [0, 0.05) is 17.8 Å². The van der Waals surface area contributed by atoms with Gasteiger partial charge in [0.15, 0.2) is 0 Å². The van der Waals surface area contributed by atoms with Crippen molar-refractivity contribution in [2.24, 2.45) is 11.8 Å². The summed E-state index contributed by atoms with van der Waals surface area (Å²) >= 11 is 0. The van der Waals surface area contributed by atoms with Gasteiger partial charge in [0.25, 0.3) is 0 Å². The number of benzene rings is 3. The smallest absolute Gasteiger partial charge is 0.303 e. The molecule has 0 spiro atoms. The number of aliphatic carboxylic acids is 1. The number of carboxylic acids is 1. The molecule has 1 saturated carbocycles. The van der Waals surface area contributed by atoms with Gasteiger partial charge in [-0.15, -0.1) is 0 Å². The van der Waals surface area contributed by atoms with Crippen molar-refractivity contribution < 1.29 is 23.8 Å². The standard InChI is InChI=1S/C34H37FO4/c35-29-18-12-25(13-19-29)20-21-38-23-30-31(10-6-1-2-7-11-33(36)37)34(22-32(30)39-24-34)28-16-14-27(15-17-28)26-8-4-3-5-9-26/h1,3-6,8-9,12-19,30-32H,2,7,10-11,20-24H2,(H,36,37)/t30-,31-,32-,34-/m0/s1. The molecule has 1 saturated heterocycles. The maximum Gasteiger partial charge on any atom is 0.303 e. The van der Waals surface area contributed by atoms with E-state index in [9.17, 15) is 9.18 Å². The maximum absolute atomic E-state index is 13.2. The van der Waals surface area contributed by atoms with Gasteiger partial charge in [0.05, 0.1) is 25.9 Å². The molecule has 0 aromatic heterocycles. The summed E-state index contributed by atoms with van der Waals surface area (Å²) in [5.41, 5.74) is 4.75. The van der Waals surface area contributed by atoms with E-state index >= 15 is 0 Å². The third kappa shape index (κ3) is 6.48. The highest BCUT2D eigenvalue weighted by molar-refractivity contribution is 5.66. The number of allylic oxidation sites excluding steroid dienone is 2. The van der Waals surface area contributed by atoms with Crippen molar-refractivity contribution >= 4 is 5.97 Å². The highest BCUT2D eigenvalue weighted by Crippen LogP contribution is 2.56. The molecule has 2 aliphatic rings. The second-order valence-corrected chi connectivity index (χ2v) is 10.9. The van der Waals surface area contributed by atoms with Gasteiger partial charge in [0.1, 0.15) is 5.82 Å². The first kappa shape index (κ1) is 27.3. The zero-order valence-corrected chi connectivity index (χ0v) is 22.3. The molecule has 0 amide bonds. The first-order valence-electron chi connectivity index (χ1n) is 14.0. The summed E-state index contributed by atoms with van der Waals surface area (Å²) in [7, 11) is 0. The molecule has 1 N–H and O–H groups in total. The summed E-state index contributed by atoms with van der Waals surface area (Å²) in [5.74, 6) is -0.311. The summed E-state index contributed by atoms with van der Waals surface area (Å²) < 4.78 is 25.8. The van der Waals surface area contributed by atoms with E-state index in [2.05, 4.69) is 60.7 Å². The van der Waals surface area contributed by atoms with Crippen LogP contribution in [0.1, 0.15) is 43.2 Å². The Morgan fingerprint density at radius 2 is 1.74 bits per heavy atom. The number of fused-ring (bicyclic) bond motifs is 2. The highest BCUT2D eigenvalue weighted by Gasteiger charge is 2.59. The SMILES string of the molecule is O=C(O)CCCC=CC[C@H]1[C@H](COCCc2ccc(F)cc2)[C@@H]2C[C@@]1(c1ccc(-c3ccccc3)cc1)CO2. The van der Waals surface area contributed by atoms with E-state index in [0.29, 0.717) is 32.2 Å². The second kappa shape index (κ2) is 12.7. The molecule has 4 atom stereocenters. The first-order valence-corrected chi connectivity index (χ1v) is 14.0. The van der Waals surface area contributed by atoms with Crippen molar-refractivity contribution in [1.29, 1.82) is 0 Å². The van der Waals surface area contributed by atoms with Gasteiger partial charge in [0.2, 0.25) is 0 Å². The third-order valence-corrected chi connectivity index (χ3v) is 8.47. The van der Waals surface area contributed by atoms with E-state index < -0.39 is 5.97 Å². The minimum atomic E-state index is -0.746. The van der Waals surface area contributed by atoms with Crippen molar-refractivity contribution in [3.05, 3.63) is 108 Å². The lowest BCUT2D eigenvalue weighted by Gasteiger charge is -2.39. The Hall–Kier alpha value is -3.28. The largest absolute Gasteiger partial charge is 0.481 e. The van der Waals surface area contributed by atoms with Crippen LogP contribution in [0.2, 0.25) is 0 Å². The summed E-state index contributed by atoms with van der Waals surface area (Å²) in [4.78, 5) is 10.8. The van der Waals surface area contributed by atoms with Gasteiger partial charge in [-0.05, 0) is 72.4 Å². The molecule has 5 heteroatoms. The Morgan fingerprint density at radius 3 is 2.49 bits per heavy atom. The predicted molar refractivity (Wildman–Crippen MR) is 151 cm³/mol. The number of hydrogen-bond donors (Lipinski definition) is 1. The Kier molecular flexibility index (Phi) is 8.90. The van der Waals surface area contributed by atoms with E-state index in [0.717, 1.165) is 31.2 Å². The fraction of sp³-hybridized carbons (Fsp3) is 0.382. The number of carbonyl (C=O) groups is 1. The van der Waals surface area contributed by atoms with Gasteiger partial charge >= 0.3 is 5.97 Å². The van der Waals surface area contributed by atoms with Crippen LogP contribution in [0.25, 0.3) is 11.1 Å². The van der Waals surface area contributed by atoms with Gasteiger partial charge in [-0.2, -0.15) is 0 Å². The van der Waals surface area contributed by atoms with Crippen LogP contribution < -0.4 is 0 Å². The van der Waals surface area contributed by atoms with Crippen LogP contribution in [0.15, 0.2) is 91.0 Å². The van der Waals surface area contributed by atoms with Crippen LogP contribution in [-0.4, -0.2) is 37.0 Å². The number of unbranched alkanes of at least 4 members (excludes halogenated alkanes) is 1. The lowest BCUT2D eigenvalue weighted by atomic mass is 9.69. The highest BCUT2D eigenvalue weighted by atomic mass is 19.1. The van der Waals surface area contributed by atoms with Crippen molar-refractivity contribution in [1.82, 2.24) is 0 Å². The number of hydrogen-bond acceptors (Lipinski definition) is 3. The molecule has 39 heavy (non-hydrogen) atoms. The fourth-order valence-electron chi connectivity index (χ4n) is 6.39. The van der Waals surface area contributed by atoms with E-state index in [-0.39, 0.29) is 29.7 Å². The Labute approximate surface area is 230 Å². The molecular formula is C34H37FO4. The second-order valence-electron chi connectivity index (χ2n) is 10.9. The summed E-state index contributed by atoms with van der Waals surface area (Å²) in [6, 6.07) is 26.0. The maximum atomic E-state index is 13.2. The lowest BCUT2D eigenvalue weighted by molar-refractivity contribution is -0.137. The van der Waals surface area contributed by atoms with Crippen LogP contribution in [-0.2, 0) is 26.1 Å². The van der Waals surface area contributed by atoms with E-state index in [4.69, 9.17) is 14.6 Å². The zero-order chi connectivity index (χ0) is 27.1. The number of carboxylic acid groups (broad SMARTS) is 1. The molecule has 3 aromatic rings. The van der Waals surface area contributed by atoms with Crippen LogP contribution in [0.4, 0.5) is 4.39 Å². The molecule has 1 aliphatic heterocycles. The lowest BCUT2D eigenvalue weighted by Crippen LogP contribution is -2.41. The average Bonchev–Trinajstić information content (AvgIpc) is 3.53. The van der Waals surface area contributed by atoms with Crippen molar-refractivity contribution in [3.63, 3.8) is 0 Å². The third-order valence-electron chi connectivity index (χ3n) is 8.47. The van der Waals surface area contributed by atoms with Crippen LogP contribution in [0.3, 0.4) is 0 Å². The van der Waals surface area contributed by atoms with Gasteiger partial charge in [-0.3, -0.25) is 4.79 Å². The molecule has 2 fully saturated rings. The number of ether oxygens (including phenoxy) is 2. The predicted octanol–water partition coefficient (Wildman–Crippen LogP) is 7.23. The molecule has 5 rings (SSSR count). The van der Waals surface area contributed by atoms with Crippen molar-refractivity contribution in [3.8, 4) is 11.1 Å². The number of halogens is 1. The molecule has 2 bridgehead atoms. The van der Waals surface area contributed by atoms with E-state index in [1.165, 1.54) is 28.8 Å². The molecular weight excluding hydrogens is 491 g/mol. The molecule has 204 valence electrons. The molecule has 3 aromatic carbocycles. The zero-order valence-electron chi connectivity index (χ0n) is 22.3. The summed E-state index contributed by atoms with van der Waals surface area (Å²) in [6.07, 6.45) is 8.81. The molecule has 0 radical (unpaired) electrons. The Balaban J connectivity index is 1.29. The molecule has 1 aliphatic carbocycles. The van der Waals surface area contributed by atoms with Crippen molar-refractivity contribution in [2.45, 2.75) is 50.0 Å². The topological polar surface area (TPSA) is 55.8 Å². The Morgan fingerprint density at radius 1 is 1.00 bits per heavy atom.